The van der Waals surface area contributed by atoms with Gasteiger partial charge in [0.2, 0.25) is 5.91 Å². The summed E-state index contributed by atoms with van der Waals surface area (Å²) in [6.07, 6.45) is 0.247. The number of benzene rings is 1. The molecule has 0 aliphatic heterocycles. The van der Waals surface area contributed by atoms with Crippen LogP contribution >= 0.6 is 0 Å². The Labute approximate surface area is 118 Å². The third-order valence-electron chi connectivity index (χ3n) is 2.55. The second-order valence-corrected chi connectivity index (χ2v) is 5.55. The van der Waals surface area contributed by atoms with Gasteiger partial charge in [-0.2, -0.15) is 0 Å². The quantitative estimate of drug-likeness (QED) is 0.829. The zero-order valence-electron chi connectivity index (χ0n) is 12.1. The van der Waals surface area contributed by atoms with Crippen LogP contribution in [-0.4, -0.2) is 35.2 Å². The van der Waals surface area contributed by atoms with Gasteiger partial charge in [-0.05, 0) is 26.3 Å². The lowest BCUT2D eigenvalue weighted by atomic mass is 10.1. The number of carboxylic acid groups (broad SMARTS) is 1. The molecule has 5 nitrogen and oxygen atoms in total. The average molecular weight is 279 g/mol. The van der Waals surface area contributed by atoms with Crippen molar-refractivity contribution in [3.05, 3.63) is 35.9 Å². The summed E-state index contributed by atoms with van der Waals surface area (Å²) in [6.45, 7) is 5.35. The van der Waals surface area contributed by atoms with Crippen molar-refractivity contribution in [3.63, 3.8) is 0 Å². The summed E-state index contributed by atoms with van der Waals surface area (Å²) in [7, 11) is 0. The molecule has 0 aromatic heterocycles. The molecule has 0 saturated heterocycles. The molecule has 1 atom stereocenters. The van der Waals surface area contributed by atoms with Gasteiger partial charge in [-0.15, -0.1) is 0 Å². The predicted molar refractivity (Wildman–Crippen MR) is 75.4 cm³/mol. The van der Waals surface area contributed by atoms with Gasteiger partial charge in [-0.1, -0.05) is 30.3 Å². The Morgan fingerprint density at radius 3 is 2.35 bits per heavy atom. The lowest BCUT2D eigenvalue weighted by Gasteiger charge is -2.20. The Bertz CT molecular complexity index is 451. The second-order valence-electron chi connectivity index (χ2n) is 5.55. The summed E-state index contributed by atoms with van der Waals surface area (Å²) in [5.74, 6) is -1.48. The number of hydrogen-bond acceptors (Lipinski definition) is 3. The van der Waals surface area contributed by atoms with Crippen LogP contribution in [0.25, 0.3) is 0 Å². The first kappa shape index (κ1) is 16.2. The van der Waals surface area contributed by atoms with Crippen LogP contribution in [0.2, 0.25) is 0 Å². The van der Waals surface area contributed by atoms with Crippen LogP contribution in [0.1, 0.15) is 26.3 Å². The van der Waals surface area contributed by atoms with Gasteiger partial charge in [0.25, 0.3) is 0 Å². The molecule has 0 fully saturated rings. The molecule has 2 N–H and O–H groups in total. The van der Waals surface area contributed by atoms with E-state index < -0.39 is 23.5 Å². The van der Waals surface area contributed by atoms with Gasteiger partial charge in [-0.25, -0.2) is 4.79 Å². The largest absolute Gasteiger partial charge is 0.480 e. The van der Waals surface area contributed by atoms with Crippen LogP contribution in [0.15, 0.2) is 30.3 Å². The van der Waals surface area contributed by atoms with Crippen LogP contribution in [-0.2, 0) is 20.7 Å². The van der Waals surface area contributed by atoms with E-state index >= 15 is 0 Å². The first-order valence-corrected chi connectivity index (χ1v) is 6.48. The lowest BCUT2D eigenvalue weighted by molar-refractivity contribution is -0.143. The maximum atomic E-state index is 11.7. The van der Waals surface area contributed by atoms with Crippen LogP contribution in [0.5, 0.6) is 0 Å². The molecule has 0 heterocycles. The molecule has 1 rings (SSSR count). The van der Waals surface area contributed by atoms with Gasteiger partial charge in [0, 0.05) is 6.42 Å². The van der Waals surface area contributed by atoms with Crippen molar-refractivity contribution in [2.45, 2.75) is 38.8 Å². The van der Waals surface area contributed by atoms with Crippen LogP contribution in [0, 0.1) is 0 Å². The van der Waals surface area contributed by atoms with Crippen LogP contribution in [0.3, 0.4) is 0 Å². The Hall–Kier alpha value is -1.88. The van der Waals surface area contributed by atoms with Crippen molar-refractivity contribution in [3.8, 4) is 0 Å². The predicted octanol–water partition coefficient (Wildman–Crippen LogP) is 1.61. The van der Waals surface area contributed by atoms with Gasteiger partial charge in [0.1, 0.15) is 12.6 Å². The summed E-state index contributed by atoms with van der Waals surface area (Å²) in [5, 5.41) is 11.6. The van der Waals surface area contributed by atoms with E-state index in [1.165, 1.54) is 0 Å². The number of aliphatic carboxylic acids is 1. The Balaban J connectivity index is 2.55. The Morgan fingerprint density at radius 1 is 1.25 bits per heavy atom. The molecule has 5 heteroatoms. The number of nitrogens with one attached hydrogen (secondary N) is 1. The molecule has 0 aliphatic rings. The number of ether oxygens (including phenoxy) is 1. The molecule has 0 spiro atoms. The lowest BCUT2D eigenvalue weighted by Crippen LogP contribution is -2.44. The summed E-state index contributed by atoms with van der Waals surface area (Å²) in [6, 6.07) is 8.22. The van der Waals surface area contributed by atoms with E-state index in [4.69, 9.17) is 9.84 Å². The molecule has 1 aromatic rings. The Morgan fingerprint density at radius 2 is 1.85 bits per heavy atom. The highest BCUT2D eigenvalue weighted by molar-refractivity contribution is 5.84. The number of hydrogen-bond donors (Lipinski definition) is 2. The van der Waals surface area contributed by atoms with Crippen molar-refractivity contribution in [2.24, 2.45) is 0 Å². The van der Waals surface area contributed by atoms with Crippen molar-refractivity contribution in [1.29, 1.82) is 0 Å². The van der Waals surface area contributed by atoms with Gasteiger partial charge in [0.05, 0.1) is 5.60 Å². The first-order valence-electron chi connectivity index (χ1n) is 6.48. The molecule has 0 aliphatic carbocycles. The minimum absolute atomic E-state index is 0.151. The number of carboxylic acids is 1. The van der Waals surface area contributed by atoms with E-state index in [9.17, 15) is 9.59 Å². The topological polar surface area (TPSA) is 75.6 Å². The fraction of sp³-hybridized carbons (Fsp3) is 0.467. The summed E-state index contributed by atoms with van der Waals surface area (Å²) in [5.41, 5.74) is 0.423. The van der Waals surface area contributed by atoms with E-state index in [2.05, 4.69) is 5.32 Å². The minimum atomic E-state index is -1.06. The molecule has 0 bridgehead atoms. The van der Waals surface area contributed by atoms with Crippen LogP contribution < -0.4 is 5.32 Å². The third-order valence-corrected chi connectivity index (χ3v) is 2.55. The SMILES string of the molecule is CC(C)(C)OCC(=O)N[C@H](Cc1ccccc1)C(=O)O. The van der Waals surface area contributed by atoms with Gasteiger partial charge < -0.3 is 15.2 Å². The molecule has 20 heavy (non-hydrogen) atoms. The van der Waals surface area contributed by atoms with Gasteiger partial charge in [-0.3, -0.25) is 4.79 Å². The van der Waals surface area contributed by atoms with E-state index in [1.54, 1.807) is 0 Å². The van der Waals surface area contributed by atoms with E-state index in [-0.39, 0.29) is 13.0 Å². The minimum Gasteiger partial charge on any atom is -0.480 e. The molecular weight excluding hydrogens is 258 g/mol. The zero-order chi connectivity index (χ0) is 15.2. The average Bonchev–Trinajstić information content (AvgIpc) is 2.36. The van der Waals surface area contributed by atoms with E-state index in [1.807, 2.05) is 51.1 Å². The first-order chi connectivity index (χ1) is 9.28. The fourth-order valence-electron chi connectivity index (χ4n) is 1.57. The highest BCUT2D eigenvalue weighted by Crippen LogP contribution is 2.06. The maximum absolute atomic E-state index is 11.7. The summed E-state index contributed by atoms with van der Waals surface area (Å²) in [4.78, 5) is 22.9. The smallest absolute Gasteiger partial charge is 0.326 e. The number of carbonyl (C=O) groups is 2. The summed E-state index contributed by atoms with van der Waals surface area (Å²) >= 11 is 0. The number of carbonyl (C=O) groups excluding carboxylic acids is 1. The maximum Gasteiger partial charge on any atom is 0.326 e. The molecule has 1 amide bonds. The zero-order valence-corrected chi connectivity index (χ0v) is 12.1. The van der Waals surface area contributed by atoms with Crippen molar-refractivity contribution in [1.82, 2.24) is 5.32 Å². The number of rotatable bonds is 6. The molecule has 0 saturated carbocycles. The van der Waals surface area contributed by atoms with Crippen molar-refractivity contribution in [2.75, 3.05) is 6.61 Å². The van der Waals surface area contributed by atoms with Gasteiger partial charge >= 0.3 is 5.97 Å². The van der Waals surface area contributed by atoms with Crippen LogP contribution in [0.4, 0.5) is 0 Å². The highest BCUT2D eigenvalue weighted by atomic mass is 16.5. The fourth-order valence-corrected chi connectivity index (χ4v) is 1.57. The standard InChI is InChI=1S/C15H21NO4/c1-15(2,3)20-10-13(17)16-12(14(18)19)9-11-7-5-4-6-8-11/h4-8,12H,9-10H2,1-3H3,(H,16,17)(H,18,19)/t12-/m1/s1. The van der Waals surface area contributed by atoms with Crippen molar-refractivity contribution < 1.29 is 19.4 Å². The molecule has 1 aromatic carbocycles. The van der Waals surface area contributed by atoms with E-state index in [0.717, 1.165) is 5.56 Å². The molecule has 0 unspecified atom stereocenters. The number of amides is 1. The monoisotopic (exact) mass is 279 g/mol. The molecule has 110 valence electrons. The molecular formula is C15H21NO4. The normalized spacial score (nSPS) is 12.8. The van der Waals surface area contributed by atoms with Gasteiger partial charge in [0.15, 0.2) is 0 Å². The highest BCUT2D eigenvalue weighted by Gasteiger charge is 2.21. The van der Waals surface area contributed by atoms with E-state index in [0.29, 0.717) is 0 Å². The third kappa shape index (κ3) is 6.33. The van der Waals surface area contributed by atoms with Crippen molar-refractivity contribution >= 4 is 11.9 Å². The Kier molecular flexibility index (Phi) is 5.70. The summed E-state index contributed by atoms with van der Waals surface area (Å²) < 4.78 is 5.32. The second kappa shape index (κ2) is 7.05. The molecule has 0 radical (unpaired) electrons.